The molecule has 1 aliphatic carbocycles. The molecule has 1 saturated carbocycles. The lowest BCUT2D eigenvalue weighted by Gasteiger charge is -2.45. The van der Waals surface area contributed by atoms with Gasteiger partial charge in [0, 0.05) is 41.0 Å². The molecular weight excluding hydrogens is 491 g/mol. The van der Waals surface area contributed by atoms with Crippen molar-refractivity contribution in [3.8, 4) is 0 Å². The van der Waals surface area contributed by atoms with Gasteiger partial charge in [0.05, 0.1) is 19.5 Å². The van der Waals surface area contributed by atoms with E-state index in [0.29, 0.717) is 46.3 Å². The maximum atomic E-state index is 14.9. The van der Waals surface area contributed by atoms with Gasteiger partial charge in [0.1, 0.15) is 23.1 Å². The number of anilines is 3. The number of aromatic nitrogens is 5. The van der Waals surface area contributed by atoms with Gasteiger partial charge >= 0.3 is 0 Å². The summed E-state index contributed by atoms with van der Waals surface area (Å²) in [5, 5.41) is 10.6. The molecule has 1 saturated heterocycles. The number of carbonyl (C=O) groups is 1. The number of aryl methyl sites for hydroxylation is 1. The predicted molar refractivity (Wildman–Crippen MR) is 130 cm³/mol. The second-order valence-electron chi connectivity index (χ2n) is 9.67. The Hall–Kier alpha value is -3.15. The van der Waals surface area contributed by atoms with Gasteiger partial charge in [0.25, 0.3) is 5.92 Å². The Kier molecular flexibility index (Phi) is 6.39. The summed E-state index contributed by atoms with van der Waals surface area (Å²) in [4.78, 5) is 27.9. The smallest absolute Gasteiger partial charge is 0.252 e. The van der Waals surface area contributed by atoms with Crippen LogP contribution in [0, 0.1) is 12.8 Å². The summed E-state index contributed by atoms with van der Waals surface area (Å²) in [5.41, 5.74) is 0.159. The standard InChI is InChI=1S/C24H26F3N7OS/c1-14-7-20(33-32-14)29-19-9-21(34-12-24(27,13-34)15-3-4-15)31-22(30-19)36-18-6-5-16(28-11-18)8-17(35)10-23(2,25)26/h5-7,9,11,15H,3-4,8,10,12-13H2,1-2H3,(H2,29,30,31,32,33). The quantitative estimate of drug-likeness (QED) is 0.367. The van der Waals surface area contributed by atoms with Gasteiger partial charge in [-0.1, -0.05) is 0 Å². The van der Waals surface area contributed by atoms with Gasteiger partial charge in [0.2, 0.25) is 0 Å². The van der Waals surface area contributed by atoms with Crippen LogP contribution in [0.2, 0.25) is 0 Å². The zero-order valence-electron chi connectivity index (χ0n) is 19.9. The fourth-order valence-electron chi connectivity index (χ4n) is 4.20. The zero-order valence-corrected chi connectivity index (χ0v) is 20.7. The van der Waals surface area contributed by atoms with Gasteiger partial charge in [0.15, 0.2) is 11.0 Å². The van der Waals surface area contributed by atoms with Crippen molar-refractivity contribution in [3.63, 3.8) is 0 Å². The first-order chi connectivity index (χ1) is 17.0. The van der Waals surface area contributed by atoms with Gasteiger partial charge < -0.3 is 10.2 Å². The lowest BCUT2D eigenvalue weighted by Crippen LogP contribution is -2.60. The van der Waals surface area contributed by atoms with E-state index in [-0.39, 0.29) is 12.3 Å². The van der Waals surface area contributed by atoms with Crippen LogP contribution in [-0.4, -0.2) is 55.6 Å². The molecule has 12 heteroatoms. The maximum absolute atomic E-state index is 14.9. The summed E-state index contributed by atoms with van der Waals surface area (Å²) < 4.78 is 41.1. The highest BCUT2D eigenvalue weighted by Crippen LogP contribution is 2.48. The number of rotatable bonds is 10. The molecule has 0 aromatic carbocycles. The molecule has 8 nitrogen and oxygen atoms in total. The largest absolute Gasteiger partial charge is 0.350 e. The third-order valence-corrected chi connectivity index (χ3v) is 6.93. The van der Waals surface area contributed by atoms with Crippen LogP contribution in [0.5, 0.6) is 0 Å². The third-order valence-electron chi connectivity index (χ3n) is 6.09. The van der Waals surface area contributed by atoms with Crippen molar-refractivity contribution in [2.45, 2.75) is 61.2 Å². The molecule has 0 radical (unpaired) electrons. The number of aromatic amines is 1. The van der Waals surface area contributed by atoms with Crippen molar-refractivity contribution >= 4 is 35.0 Å². The number of nitrogens with one attached hydrogen (secondary N) is 2. The minimum Gasteiger partial charge on any atom is -0.350 e. The molecule has 3 aromatic rings. The predicted octanol–water partition coefficient (Wildman–Crippen LogP) is 4.89. The van der Waals surface area contributed by atoms with E-state index in [9.17, 15) is 18.0 Å². The lowest BCUT2D eigenvalue weighted by molar-refractivity contribution is -0.124. The SMILES string of the molecule is Cc1cc(Nc2cc(N3CC(F)(C4CC4)C3)nc(Sc3ccc(CC(=O)CC(C)(F)F)nc3)n2)n[nH]1. The Bertz CT molecular complexity index is 1250. The lowest BCUT2D eigenvalue weighted by atomic mass is 9.91. The Morgan fingerprint density at radius 1 is 1.25 bits per heavy atom. The van der Waals surface area contributed by atoms with Gasteiger partial charge in [-0.15, -0.1) is 0 Å². The molecule has 36 heavy (non-hydrogen) atoms. The maximum Gasteiger partial charge on any atom is 0.252 e. The van der Waals surface area contributed by atoms with E-state index in [4.69, 9.17) is 0 Å². The van der Waals surface area contributed by atoms with E-state index in [1.54, 1.807) is 24.4 Å². The zero-order chi connectivity index (χ0) is 25.5. The number of nitrogens with zero attached hydrogens (tertiary/aromatic N) is 5. The molecule has 2 fully saturated rings. The van der Waals surface area contributed by atoms with Crippen molar-refractivity contribution in [2.75, 3.05) is 23.3 Å². The highest BCUT2D eigenvalue weighted by Gasteiger charge is 2.54. The molecule has 4 heterocycles. The molecule has 3 aromatic heterocycles. The summed E-state index contributed by atoms with van der Waals surface area (Å²) in [6.45, 7) is 3.23. The van der Waals surface area contributed by atoms with E-state index in [1.807, 2.05) is 17.9 Å². The summed E-state index contributed by atoms with van der Waals surface area (Å²) in [7, 11) is 0. The van der Waals surface area contributed by atoms with Crippen LogP contribution in [0.4, 0.5) is 30.6 Å². The van der Waals surface area contributed by atoms with Crippen LogP contribution < -0.4 is 10.2 Å². The van der Waals surface area contributed by atoms with Crippen molar-refractivity contribution in [1.82, 2.24) is 25.1 Å². The molecule has 190 valence electrons. The van der Waals surface area contributed by atoms with Crippen LogP contribution in [0.25, 0.3) is 0 Å². The summed E-state index contributed by atoms with van der Waals surface area (Å²) in [6.07, 6.45) is 2.47. The monoisotopic (exact) mass is 517 g/mol. The Balaban J connectivity index is 1.31. The molecule has 0 unspecified atom stereocenters. The fourth-order valence-corrected chi connectivity index (χ4v) is 4.93. The molecule has 2 aliphatic rings. The topological polar surface area (TPSA) is 99.7 Å². The number of hydrogen-bond donors (Lipinski definition) is 2. The second-order valence-corrected chi connectivity index (χ2v) is 10.7. The number of Topliss-reactive ketones (excluding diaryl/α,β-unsaturated/α-hetero) is 1. The first-order valence-corrected chi connectivity index (χ1v) is 12.5. The highest BCUT2D eigenvalue weighted by atomic mass is 32.2. The number of halogens is 3. The second kappa shape index (κ2) is 9.38. The van der Waals surface area contributed by atoms with Crippen LogP contribution in [0.15, 0.2) is 40.5 Å². The first kappa shape index (κ1) is 24.5. The number of alkyl halides is 3. The van der Waals surface area contributed by atoms with E-state index >= 15 is 0 Å². The van der Waals surface area contributed by atoms with Crippen molar-refractivity contribution < 1.29 is 18.0 Å². The minimum atomic E-state index is -3.04. The number of H-pyrrole nitrogens is 1. The molecule has 0 bridgehead atoms. The highest BCUT2D eigenvalue weighted by molar-refractivity contribution is 7.99. The minimum absolute atomic E-state index is 0.147. The van der Waals surface area contributed by atoms with Gasteiger partial charge in [-0.25, -0.2) is 23.1 Å². The summed E-state index contributed by atoms with van der Waals surface area (Å²) in [5.74, 6) is -1.72. The molecule has 5 rings (SSSR count). The van der Waals surface area contributed by atoms with Crippen LogP contribution in [0.3, 0.4) is 0 Å². The Morgan fingerprint density at radius 2 is 2.03 bits per heavy atom. The van der Waals surface area contributed by atoms with Crippen LogP contribution in [-0.2, 0) is 11.2 Å². The van der Waals surface area contributed by atoms with E-state index < -0.39 is 23.8 Å². The average molecular weight is 518 g/mol. The number of pyridine rings is 1. The molecule has 0 amide bonds. The number of hydrogen-bond acceptors (Lipinski definition) is 8. The number of carbonyl (C=O) groups excluding carboxylic acids is 1. The normalized spacial score (nSPS) is 17.1. The molecule has 0 atom stereocenters. The van der Waals surface area contributed by atoms with Gasteiger partial charge in [-0.3, -0.25) is 14.9 Å². The summed E-state index contributed by atoms with van der Waals surface area (Å²) >= 11 is 1.26. The first-order valence-electron chi connectivity index (χ1n) is 11.7. The van der Waals surface area contributed by atoms with Crippen molar-refractivity contribution in [2.24, 2.45) is 5.92 Å². The molecule has 2 N–H and O–H groups in total. The van der Waals surface area contributed by atoms with Crippen LogP contribution >= 0.6 is 11.8 Å². The van der Waals surface area contributed by atoms with Crippen LogP contribution in [0.1, 0.15) is 37.6 Å². The number of ketones is 1. The fraction of sp³-hybridized carbons (Fsp3) is 0.458. The Labute approximate surface area is 210 Å². The van der Waals surface area contributed by atoms with Crippen molar-refractivity contribution in [1.29, 1.82) is 0 Å². The molecule has 0 spiro atoms. The van der Waals surface area contributed by atoms with E-state index in [1.165, 1.54) is 11.8 Å². The van der Waals surface area contributed by atoms with E-state index in [0.717, 1.165) is 25.5 Å². The van der Waals surface area contributed by atoms with Gasteiger partial charge in [-0.2, -0.15) is 5.10 Å². The molecular formula is C24H26F3N7OS. The average Bonchev–Trinajstić information content (AvgIpc) is 3.54. The van der Waals surface area contributed by atoms with E-state index in [2.05, 4.69) is 30.5 Å². The third kappa shape index (κ3) is 5.97. The summed E-state index contributed by atoms with van der Waals surface area (Å²) in [6, 6.07) is 6.99. The van der Waals surface area contributed by atoms with Crippen molar-refractivity contribution in [3.05, 3.63) is 41.9 Å². The Morgan fingerprint density at radius 3 is 2.64 bits per heavy atom. The van der Waals surface area contributed by atoms with Gasteiger partial charge in [-0.05, 0) is 56.5 Å². The molecule has 1 aliphatic heterocycles.